The van der Waals surface area contributed by atoms with Crippen LogP contribution in [0.15, 0.2) is 78.9 Å². The highest BCUT2D eigenvalue weighted by molar-refractivity contribution is 5.98. The van der Waals surface area contributed by atoms with Crippen LogP contribution in [-0.4, -0.2) is 54.5 Å². The average Bonchev–Trinajstić information content (AvgIpc) is 2.91. The van der Waals surface area contributed by atoms with Crippen molar-refractivity contribution in [3.8, 4) is 11.5 Å². The number of nitrogens with zero attached hydrogens (tertiary/aromatic N) is 2. The topological polar surface area (TPSA) is 59.1 Å². The SMILES string of the molecule is COc1ccc(C(=O)N2C[C@H](CCc3ccccc3)N(Cc3cccc(OC)c3)C(=O)[C@@H]2C)cc1. The van der Waals surface area contributed by atoms with Gasteiger partial charge in [0, 0.05) is 18.7 Å². The molecule has 1 saturated heterocycles. The third-order valence-corrected chi connectivity index (χ3v) is 6.65. The van der Waals surface area contributed by atoms with Crippen LogP contribution in [0.25, 0.3) is 0 Å². The molecule has 2 amide bonds. The lowest BCUT2D eigenvalue weighted by Gasteiger charge is -2.45. The van der Waals surface area contributed by atoms with Crippen molar-refractivity contribution in [1.82, 2.24) is 9.80 Å². The molecule has 6 nitrogen and oxygen atoms in total. The molecule has 4 rings (SSSR count). The Kier molecular flexibility index (Phi) is 7.70. The summed E-state index contributed by atoms with van der Waals surface area (Å²) >= 11 is 0. The van der Waals surface area contributed by atoms with E-state index in [1.165, 1.54) is 5.56 Å². The molecule has 1 heterocycles. The lowest BCUT2D eigenvalue weighted by atomic mass is 9.97. The molecule has 0 aromatic heterocycles. The normalized spacial score (nSPS) is 17.9. The number of hydrogen-bond donors (Lipinski definition) is 0. The van der Waals surface area contributed by atoms with Crippen LogP contribution in [0.3, 0.4) is 0 Å². The predicted octanol–water partition coefficient (Wildman–Crippen LogP) is 4.58. The summed E-state index contributed by atoms with van der Waals surface area (Å²) < 4.78 is 10.6. The van der Waals surface area contributed by atoms with Crippen LogP contribution in [-0.2, 0) is 17.8 Å². The van der Waals surface area contributed by atoms with Crippen molar-refractivity contribution in [3.63, 3.8) is 0 Å². The Bertz CT molecular complexity index is 1150. The Labute approximate surface area is 207 Å². The number of carbonyl (C=O) groups is 2. The molecule has 0 N–H and O–H groups in total. The van der Waals surface area contributed by atoms with Gasteiger partial charge in [0.25, 0.3) is 5.91 Å². The number of ether oxygens (including phenoxy) is 2. The Morgan fingerprint density at radius 3 is 2.26 bits per heavy atom. The summed E-state index contributed by atoms with van der Waals surface area (Å²) in [5, 5.41) is 0. The van der Waals surface area contributed by atoms with E-state index in [4.69, 9.17) is 9.47 Å². The predicted molar refractivity (Wildman–Crippen MR) is 136 cm³/mol. The average molecular weight is 473 g/mol. The van der Waals surface area contributed by atoms with Gasteiger partial charge < -0.3 is 19.3 Å². The summed E-state index contributed by atoms with van der Waals surface area (Å²) in [6, 6.07) is 24.4. The minimum atomic E-state index is -0.553. The Morgan fingerprint density at radius 1 is 0.886 bits per heavy atom. The molecule has 0 radical (unpaired) electrons. The molecule has 1 fully saturated rings. The van der Waals surface area contributed by atoms with Crippen molar-refractivity contribution in [1.29, 1.82) is 0 Å². The molecule has 182 valence electrons. The molecule has 6 heteroatoms. The number of piperazine rings is 1. The fourth-order valence-corrected chi connectivity index (χ4v) is 4.59. The first-order valence-corrected chi connectivity index (χ1v) is 11.9. The second-order valence-electron chi connectivity index (χ2n) is 8.86. The van der Waals surface area contributed by atoms with Gasteiger partial charge in [0.2, 0.25) is 5.91 Å². The third-order valence-electron chi connectivity index (χ3n) is 6.65. The number of benzene rings is 3. The monoisotopic (exact) mass is 472 g/mol. The van der Waals surface area contributed by atoms with Crippen LogP contribution >= 0.6 is 0 Å². The molecule has 1 aliphatic heterocycles. The van der Waals surface area contributed by atoms with E-state index < -0.39 is 6.04 Å². The Balaban J connectivity index is 1.58. The first-order chi connectivity index (χ1) is 17.0. The van der Waals surface area contributed by atoms with E-state index in [0.29, 0.717) is 24.4 Å². The van der Waals surface area contributed by atoms with Gasteiger partial charge in [-0.15, -0.1) is 0 Å². The van der Waals surface area contributed by atoms with Crippen molar-refractivity contribution in [2.45, 2.75) is 38.4 Å². The number of amides is 2. The highest BCUT2D eigenvalue weighted by atomic mass is 16.5. The lowest BCUT2D eigenvalue weighted by molar-refractivity contribution is -0.144. The van der Waals surface area contributed by atoms with E-state index in [2.05, 4.69) is 12.1 Å². The maximum absolute atomic E-state index is 13.6. The van der Waals surface area contributed by atoms with Crippen LogP contribution in [0.1, 0.15) is 34.8 Å². The van der Waals surface area contributed by atoms with E-state index in [1.54, 1.807) is 43.4 Å². The van der Waals surface area contributed by atoms with Crippen LogP contribution in [0, 0.1) is 0 Å². The molecule has 1 aliphatic rings. The van der Waals surface area contributed by atoms with Crippen LogP contribution in [0.5, 0.6) is 11.5 Å². The zero-order chi connectivity index (χ0) is 24.8. The highest BCUT2D eigenvalue weighted by Gasteiger charge is 2.40. The van der Waals surface area contributed by atoms with Gasteiger partial charge in [-0.1, -0.05) is 42.5 Å². The molecule has 0 unspecified atom stereocenters. The van der Waals surface area contributed by atoms with Gasteiger partial charge in [-0.3, -0.25) is 9.59 Å². The number of methoxy groups -OCH3 is 2. The van der Waals surface area contributed by atoms with Crippen molar-refractivity contribution in [2.24, 2.45) is 0 Å². The smallest absolute Gasteiger partial charge is 0.254 e. The molecule has 3 aromatic rings. The van der Waals surface area contributed by atoms with E-state index in [-0.39, 0.29) is 17.9 Å². The van der Waals surface area contributed by atoms with Gasteiger partial charge in [-0.05, 0) is 67.3 Å². The zero-order valence-electron chi connectivity index (χ0n) is 20.5. The summed E-state index contributed by atoms with van der Waals surface area (Å²) in [5.74, 6) is 1.27. The van der Waals surface area contributed by atoms with Gasteiger partial charge >= 0.3 is 0 Å². The number of aryl methyl sites for hydroxylation is 1. The Hall–Kier alpha value is -3.80. The summed E-state index contributed by atoms with van der Waals surface area (Å²) in [5.41, 5.74) is 2.77. The summed E-state index contributed by atoms with van der Waals surface area (Å²) in [6.07, 6.45) is 1.59. The van der Waals surface area contributed by atoms with Crippen molar-refractivity contribution in [3.05, 3.63) is 95.6 Å². The largest absolute Gasteiger partial charge is 0.497 e. The second kappa shape index (κ2) is 11.1. The van der Waals surface area contributed by atoms with Gasteiger partial charge in [-0.2, -0.15) is 0 Å². The summed E-state index contributed by atoms with van der Waals surface area (Å²) in [7, 11) is 3.23. The van der Waals surface area contributed by atoms with Crippen molar-refractivity contribution in [2.75, 3.05) is 20.8 Å². The minimum absolute atomic E-state index is 0.0426. The highest BCUT2D eigenvalue weighted by Crippen LogP contribution is 2.26. The third kappa shape index (κ3) is 5.65. The molecular formula is C29H32N2O4. The fourth-order valence-electron chi connectivity index (χ4n) is 4.59. The molecule has 0 spiro atoms. The van der Waals surface area contributed by atoms with Crippen LogP contribution in [0.4, 0.5) is 0 Å². The van der Waals surface area contributed by atoms with Gasteiger partial charge in [-0.25, -0.2) is 0 Å². The summed E-state index contributed by atoms with van der Waals surface area (Å²) in [4.78, 5) is 30.7. The van der Waals surface area contributed by atoms with E-state index in [0.717, 1.165) is 24.2 Å². The first kappa shape index (κ1) is 24.3. The lowest BCUT2D eigenvalue weighted by Crippen LogP contribution is -2.61. The maximum atomic E-state index is 13.6. The van der Waals surface area contributed by atoms with E-state index >= 15 is 0 Å². The number of rotatable bonds is 8. The van der Waals surface area contributed by atoms with Crippen molar-refractivity contribution >= 4 is 11.8 Å². The molecule has 0 bridgehead atoms. The molecule has 35 heavy (non-hydrogen) atoms. The molecule has 0 saturated carbocycles. The second-order valence-corrected chi connectivity index (χ2v) is 8.86. The van der Waals surface area contributed by atoms with Crippen molar-refractivity contribution < 1.29 is 19.1 Å². The molecular weight excluding hydrogens is 440 g/mol. The first-order valence-electron chi connectivity index (χ1n) is 11.9. The van der Waals surface area contributed by atoms with Crippen LogP contribution < -0.4 is 9.47 Å². The number of carbonyl (C=O) groups excluding carboxylic acids is 2. The number of hydrogen-bond acceptors (Lipinski definition) is 4. The molecule has 0 aliphatic carbocycles. The van der Waals surface area contributed by atoms with E-state index in [1.807, 2.05) is 54.3 Å². The van der Waals surface area contributed by atoms with Gasteiger partial charge in [0.05, 0.1) is 20.3 Å². The fraction of sp³-hybridized carbons (Fsp3) is 0.310. The Morgan fingerprint density at radius 2 is 1.57 bits per heavy atom. The maximum Gasteiger partial charge on any atom is 0.254 e. The minimum Gasteiger partial charge on any atom is -0.497 e. The van der Waals surface area contributed by atoms with Gasteiger partial charge in [0.15, 0.2) is 0 Å². The molecule has 3 aromatic carbocycles. The summed E-state index contributed by atoms with van der Waals surface area (Å²) in [6.45, 7) is 2.77. The standard InChI is InChI=1S/C29H32N2O4/c1-21-28(32)31(19-23-10-7-11-27(18-23)35-3)25(15-12-22-8-5-4-6-9-22)20-30(21)29(33)24-13-16-26(34-2)17-14-24/h4-11,13-14,16-18,21,25H,12,15,19-20H2,1-3H3/t21-,25-/m0/s1. The zero-order valence-corrected chi connectivity index (χ0v) is 20.5. The van der Waals surface area contributed by atoms with Gasteiger partial charge in [0.1, 0.15) is 17.5 Å². The van der Waals surface area contributed by atoms with E-state index in [9.17, 15) is 9.59 Å². The van der Waals surface area contributed by atoms with Crippen LogP contribution in [0.2, 0.25) is 0 Å². The molecule has 2 atom stereocenters. The quantitative estimate of drug-likeness (QED) is 0.482.